The Kier molecular flexibility index (Phi) is 4.65. The average Bonchev–Trinajstić information content (AvgIpc) is 2.85. The van der Waals surface area contributed by atoms with Crippen LogP contribution >= 0.6 is 11.6 Å². The van der Waals surface area contributed by atoms with E-state index in [1.54, 1.807) is 0 Å². The Morgan fingerprint density at radius 3 is 2.52 bits per heavy atom. The standard InChI is InChI=1S/C15H15ClN2O3/c1-9-2-4-10(5-3-9)12(7-14(19)20)18-15(21)13-6-11(16)8-17-13/h2-6,8,12,17H,7H2,1H3,(H,18,21)(H,19,20). The van der Waals surface area contributed by atoms with E-state index in [1.807, 2.05) is 31.2 Å². The van der Waals surface area contributed by atoms with Crippen LogP contribution < -0.4 is 5.32 Å². The highest BCUT2D eigenvalue weighted by molar-refractivity contribution is 6.30. The lowest BCUT2D eigenvalue weighted by Crippen LogP contribution is -2.30. The van der Waals surface area contributed by atoms with Gasteiger partial charge >= 0.3 is 5.97 Å². The topological polar surface area (TPSA) is 82.2 Å². The molecule has 2 aromatic rings. The fourth-order valence-electron chi connectivity index (χ4n) is 1.96. The summed E-state index contributed by atoms with van der Waals surface area (Å²) in [5.41, 5.74) is 2.10. The monoisotopic (exact) mass is 306 g/mol. The molecule has 0 aliphatic carbocycles. The fraction of sp³-hybridized carbons (Fsp3) is 0.200. The van der Waals surface area contributed by atoms with Crippen molar-refractivity contribution >= 4 is 23.5 Å². The van der Waals surface area contributed by atoms with Crippen molar-refractivity contribution in [3.63, 3.8) is 0 Å². The highest BCUT2D eigenvalue weighted by Crippen LogP contribution is 2.19. The number of hydrogen-bond acceptors (Lipinski definition) is 2. The predicted molar refractivity (Wildman–Crippen MR) is 79.4 cm³/mol. The minimum Gasteiger partial charge on any atom is -0.481 e. The summed E-state index contributed by atoms with van der Waals surface area (Å²) in [7, 11) is 0. The van der Waals surface area contributed by atoms with E-state index in [9.17, 15) is 9.59 Å². The number of aromatic amines is 1. The Hall–Kier alpha value is -2.27. The lowest BCUT2D eigenvalue weighted by atomic mass is 10.0. The first kappa shape index (κ1) is 15.1. The Morgan fingerprint density at radius 2 is 2.00 bits per heavy atom. The normalized spacial score (nSPS) is 11.9. The Labute approximate surface area is 126 Å². The predicted octanol–water partition coefficient (Wildman–Crippen LogP) is 2.92. The lowest BCUT2D eigenvalue weighted by Gasteiger charge is -2.17. The molecule has 3 N–H and O–H groups in total. The van der Waals surface area contributed by atoms with E-state index in [-0.39, 0.29) is 6.42 Å². The van der Waals surface area contributed by atoms with Gasteiger partial charge in [-0.15, -0.1) is 0 Å². The van der Waals surface area contributed by atoms with E-state index >= 15 is 0 Å². The number of carbonyl (C=O) groups excluding carboxylic acids is 1. The van der Waals surface area contributed by atoms with Crippen LogP contribution in [0.1, 0.15) is 34.1 Å². The molecule has 0 saturated heterocycles. The van der Waals surface area contributed by atoms with Gasteiger partial charge in [-0.1, -0.05) is 41.4 Å². The number of carbonyl (C=O) groups is 2. The molecule has 0 radical (unpaired) electrons. The SMILES string of the molecule is Cc1ccc(C(CC(=O)O)NC(=O)c2cc(Cl)c[nH]2)cc1. The van der Waals surface area contributed by atoms with Crippen molar-refractivity contribution in [2.45, 2.75) is 19.4 Å². The molecule has 1 unspecified atom stereocenters. The van der Waals surface area contributed by atoms with Gasteiger partial charge < -0.3 is 15.4 Å². The van der Waals surface area contributed by atoms with Crippen molar-refractivity contribution in [3.8, 4) is 0 Å². The van der Waals surface area contributed by atoms with Crippen LogP contribution in [0.2, 0.25) is 5.02 Å². The third-order valence-electron chi connectivity index (χ3n) is 3.06. The maximum atomic E-state index is 12.1. The second kappa shape index (κ2) is 6.45. The number of carboxylic acids is 1. The van der Waals surface area contributed by atoms with Crippen LogP contribution in [0.5, 0.6) is 0 Å². The zero-order valence-corrected chi connectivity index (χ0v) is 12.1. The lowest BCUT2D eigenvalue weighted by molar-refractivity contribution is -0.137. The number of H-pyrrole nitrogens is 1. The van der Waals surface area contributed by atoms with E-state index < -0.39 is 17.9 Å². The Balaban J connectivity index is 2.18. The van der Waals surface area contributed by atoms with Crippen molar-refractivity contribution in [3.05, 3.63) is 58.4 Å². The van der Waals surface area contributed by atoms with Gasteiger partial charge in [0.2, 0.25) is 0 Å². The van der Waals surface area contributed by atoms with Crippen LogP contribution in [0, 0.1) is 6.92 Å². The van der Waals surface area contributed by atoms with Crippen molar-refractivity contribution in [2.24, 2.45) is 0 Å². The summed E-state index contributed by atoms with van der Waals surface area (Å²) < 4.78 is 0. The molecule has 1 aromatic carbocycles. The fourth-order valence-corrected chi connectivity index (χ4v) is 2.12. The Bertz CT molecular complexity index is 649. The van der Waals surface area contributed by atoms with Gasteiger partial charge in [-0.3, -0.25) is 9.59 Å². The Morgan fingerprint density at radius 1 is 1.33 bits per heavy atom. The molecule has 0 bridgehead atoms. The first-order valence-electron chi connectivity index (χ1n) is 6.39. The van der Waals surface area contributed by atoms with E-state index in [4.69, 9.17) is 16.7 Å². The van der Waals surface area contributed by atoms with Crippen LogP contribution in [0.25, 0.3) is 0 Å². The van der Waals surface area contributed by atoms with Gasteiger partial charge in [-0.05, 0) is 18.6 Å². The van der Waals surface area contributed by atoms with Gasteiger partial charge in [0.15, 0.2) is 0 Å². The molecule has 0 aliphatic rings. The summed E-state index contributed by atoms with van der Waals surface area (Å²) in [5, 5.41) is 12.1. The third kappa shape index (κ3) is 4.10. The molecule has 1 aromatic heterocycles. The van der Waals surface area contributed by atoms with Gasteiger partial charge in [-0.25, -0.2) is 0 Å². The van der Waals surface area contributed by atoms with Crippen molar-refractivity contribution in [2.75, 3.05) is 0 Å². The molecule has 0 aliphatic heterocycles. The number of carboxylic acid groups (broad SMARTS) is 1. The highest BCUT2D eigenvalue weighted by Gasteiger charge is 2.19. The average molecular weight is 307 g/mol. The van der Waals surface area contributed by atoms with Gasteiger partial charge in [0.05, 0.1) is 17.5 Å². The molecular formula is C15H15ClN2O3. The molecule has 0 spiro atoms. The molecule has 1 amide bonds. The number of aromatic nitrogens is 1. The number of hydrogen-bond donors (Lipinski definition) is 3. The van der Waals surface area contributed by atoms with Gasteiger partial charge in [0, 0.05) is 6.20 Å². The minimum atomic E-state index is -0.981. The van der Waals surface area contributed by atoms with Gasteiger partial charge in [0.1, 0.15) is 5.69 Å². The quantitative estimate of drug-likeness (QED) is 0.794. The van der Waals surface area contributed by atoms with E-state index in [2.05, 4.69) is 10.3 Å². The first-order chi connectivity index (χ1) is 9.95. The summed E-state index contributed by atoms with van der Waals surface area (Å²) in [4.78, 5) is 25.8. The smallest absolute Gasteiger partial charge is 0.305 e. The van der Waals surface area contributed by atoms with Crippen LogP contribution in [-0.2, 0) is 4.79 Å². The molecule has 21 heavy (non-hydrogen) atoms. The number of aryl methyl sites for hydroxylation is 1. The van der Waals surface area contributed by atoms with E-state index in [0.717, 1.165) is 11.1 Å². The second-order valence-corrected chi connectivity index (χ2v) is 5.20. The molecule has 0 saturated carbocycles. The molecule has 1 heterocycles. The van der Waals surface area contributed by atoms with Crippen molar-refractivity contribution < 1.29 is 14.7 Å². The van der Waals surface area contributed by atoms with E-state index in [1.165, 1.54) is 12.3 Å². The van der Waals surface area contributed by atoms with Crippen LogP contribution in [0.4, 0.5) is 0 Å². The molecule has 6 heteroatoms. The van der Waals surface area contributed by atoms with Crippen LogP contribution in [-0.4, -0.2) is 22.0 Å². The number of benzene rings is 1. The zero-order valence-electron chi connectivity index (χ0n) is 11.4. The van der Waals surface area contributed by atoms with E-state index in [0.29, 0.717) is 10.7 Å². The van der Waals surface area contributed by atoms with Gasteiger partial charge in [-0.2, -0.15) is 0 Å². The molecule has 1 atom stereocenters. The summed E-state index contributed by atoms with van der Waals surface area (Å²) in [6, 6.07) is 8.27. The second-order valence-electron chi connectivity index (χ2n) is 4.77. The molecule has 0 fully saturated rings. The molecule has 110 valence electrons. The van der Waals surface area contributed by atoms with Crippen LogP contribution in [0.15, 0.2) is 36.5 Å². The maximum absolute atomic E-state index is 12.1. The third-order valence-corrected chi connectivity index (χ3v) is 3.27. The molecule has 2 rings (SSSR count). The van der Waals surface area contributed by atoms with Crippen molar-refractivity contribution in [1.82, 2.24) is 10.3 Å². The summed E-state index contributed by atoms with van der Waals surface area (Å²) in [5.74, 6) is -1.38. The highest BCUT2D eigenvalue weighted by atomic mass is 35.5. The molecular weight excluding hydrogens is 292 g/mol. The number of aliphatic carboxylic acids is 1. The first-order valence-corrected chi connectivity index (χ1v) is 6.76. The zero-order chi connectivity index (χ0) is 15.4. The number of halogens is 1. The number of amides is 1. The summed E-state index contributed by atoms with van der Waals surface area (Å²) in [6.45, 7) is 1.94. The summed E-state index contributed by atoms with van der Waals surface area (Å²) >= 11 is 5.75. The number of nitrogens with one attached hydrogen (secondary N) is 2. The minimum absolute atomic E-state index is 0.191. The summed E-state index contributed by atoms with van der Waals surface area (Å²) in [6.07, 6.45) is 1.30. The van der Waals surface area contributed by atoms with Crippen LogP contribution in [0.3, 0.4) is 0 Å². The molecule has 5 nitrogen and oxygen atoms in total. The van der Waals surface area contributed by atoms with Crippen molar-refractivity contribution in [1.29, 1.82) is 0 Å². The largest absolute Gasteiger partial charge is 0.481 e. The van der Waals surface area contributed by atoms with Gasteiger partial charge in [0.25, 0.3) is 5.91 Å². The number of rotatable bonds is 5. The maximum Gasteiger partial charge on any atom is 0.305 e.